The van der Waals surface area contributed by atoms with Crippen molar-refractivity contribution in [2.75, 3.05) is 16.1 Å². The van der Waals surface area contributed by atoms with E-state index in [1.807, 2.05) is 4.72 Å². The standard InChI is InChI=1S/C8H10N2O6S2/c1-17(13,14)5-18(15,16)10-7-2-6(8(11)12)3-9-4-7/h2-4,10H,5H2,1H3,(H,11,12). The molecule has 0 fully saturated rings. The summed E-state index contributed by atoms with van der Waals surface area (Å²) in [4.78, 5) is 14.2. The van der Waals surface area contributed by atoms with Crippen molar-refractivity contribution in [1.82, 2.24) is 4.98 Å². The van der Waals surface area contributed by atoms with Gasteiger partial charge in [-0.2, -0.15) is 0 Å². The molecule has 0 unspecified atom stereocenters. The largest absolute Gasteiger partial charge is 0.478 e. The molecular weight excluding hydrogens is 284 g/mol. The number of carboxylic acid groups (broad SMARTS) is 1. The summed E-state index contributed by atoms with van der Waals surface area (Å²) in [6, 6.07) is 1.04. The minimum Gasteiger partial charge on any atom is -0.478 e. The van der Waals surface area contributed by atoms with Gasteiger partial charge in [0.05, 0.1) is 17.4 Å². The Morgan fingerprint density at radius 3 is 2.44 bits per heavy atom. The number of carbonyl (C=O) groups is 1. The van der Waals surface area contributed by atoms with Crippen LogP contribution in [-0.4, -0.2) is 44.2 Å². The highest BCUT2D eigenvalue weighted by atomic mass is 32.3. The second-order valence-electron chi connectivity index (χ2n) is 3.53. The quantitative estimate of drug-likeness (QED) is 0.750. The molecule has 0 atom stereocenters. The van der Waals surface area contributed by atoms with Gasteiger partial charge < -0.3 is 5.11 Å². The van der Waals surface area contributed by atoms with Gasteiger partial charge in [0.1, 0.15) is 0 Å². The van der Waals surface area contributed by atoms with Crippen LogP contribution < -0.4 is 4.72 Å². The number of rotatable bonds is 5. The van der Waals surface area contributed by atoms with E-state index in [0.29, 0.717) is 0 Å². The number of nitrogens with zero attached hydrogens (tertiary/aromatic N) is 1. The third kappa shape index (κ3) is 4.67. The van der Waals surface area contributed by atoms with Crippen molar-refractivity contribution in [2.45, 2.75) is 0 Å². The van der Waals surface area contributed by atoms with Crippen molar-refractivity contribution >= 4 is 31.5 Å². The molecule has 8 nitrogen and oxygen atoms in total. The Hall–Kier alpha value is -1.68. The maximum Gasteiger partial charge on any atom is 0.337 e. The summed E-state index contributed by atoms with van der Waals surface area (Å²) >= 11 is 0. The number of aromatic carboxylic acids is 1. The van der Waals surface area contributed by atoms with Crippen LogP contribution in [0.25, 0.3) is 0 Å². The molecule has 1 aromatic rings. The van der Waals surface area contributed by atoms with E-state index in [-0.39, 0.29) is 11.3 Å². The van der Waals surface area contributed by atoms with Crippen molar-refractivity contribution in [3.8, 4) is 0 Å². The fourth-order valence-corrected chi connectivity index (χ4v) is 4.06. The second kappa shape index (κ2) is 4.90. The molecule has 10 heteroatoms. The monoisotopic (exact) mass is 294 g/mol. The smallest absolute Gasteiger partial charge is 0.337 e. The molecule has 0 saturated heterocycles. The number of aromatic nitrogens is 1. The Labute approximate surface area is 104 Å². The van der Waals surface area contributed by atoms with Gasteiger partial charge in [-0.1, -0.05) is 0 Å². The second-order valence-corrected chi connectivity index (χ2v) is 7.76. The molecular formula is C8H10N2O6S2. The van der Waals surface area contributed by atoms with E-state index in [1.165, 1.54) is 0 Å². The topological polar surface area (TPSA) is 130 Å². The summed E-state index contributed by atoms with van der Waals surface area (Å²) < 4.78 is 46.6. The number of carboxylic acids is 1. The lowest BCUT2D eigenvalue weighted by molar-refractivity contribution is 0.0696. The summed E-state index contributed by atoms with van der Waals surface area (Å²) in [5.74, 6) is -1.27. The number of nitrogens with one attached hydrogen (secondary N) is 1. The maximum absolute atomic E-state index is 11.4. The van der Waals surface area contributed by atoms with Crippen LogP contribution in [0.2, 0.25) is 0 Å². The first-order chi connectivity index (χ1) is 8.09. The normalized spacial score (nSPS) is 12.1. The predicted octanol–water partition coefficient (Wildman–Crippen LogP) is -0.476. The fraction of sp³-hybridized carbons (Fsp3) is 0.250. The predicted molar refractivity (Wildman–Crippen MR) is 63.4 cm³/mol. The van der Waals surface area contributed by atoms with Gasteiger partial charge in [-0.25, -0.2) is 21.6 Å². The van der Waals surface area contributed by atoms with E-state index in [1.54, 1.807) is 0 Å². The summed E-state index contributed by atoms with van der Waals surface area (Å²) in [7, 11) is -7.82. The van der Waals surface area contributed by atoms with Crippen LogP contribution in [0.15, 0.2) is 18.5 Å². The van der Waals surface area contributed by atoms with Gasteiger partial charge in [0, 0.05) is 12.5 Å². The lowest BCUT2D eigenvalue weighted by atomic mass is 10.3. The Kier molecular flexibility index (Phi) is 3.92. The van der Waals surface area contributed by atoms with Gasteiger partial charge in [0.25, 0.3) is 0 Å². The molecule has 1 aromatic heterocycles. The Morgan fingerprint density at radius 1 is 1.33 bits per heavy atom. The average Bonchev–Trinajstić information content (AvgIpc) is 2.12. The van der Waals surface area contributed by atoms with Crippen molar-refractivity contribution < 1.29 is 26.7 Å². The lowest BCUT2D eigenvalue weighted by Crippen LogP contribution is -2.22. The SMILES string of the molecule is CS(=O)(=O)CS(=O)(=O)Nc1cncc(C(=O)O)c1. The number of sulfonamides is 1. The summed E-state index contributed by atoms with van der Waals surface area (Å²) in [6.07, 6.45) is 2.89. The van der Waals surface area contributed by atoms with Crippen LogP contribution in [0, 0.1) is 0 Å². The average molecular weight is 294 g/mol. The van der Waals surface area contributed by atoms with Crippen LogP contribution in [0.3, 0.4) is 0 Å². The van der Waals surface area contributed by atoms with Gasteiger partial charge in [-0.05, 0) is 6.07 Å². The highest BCUT2D eigenvalue weighted by Gasteiger charge is 2.18. The maximum atomic E-state index is 11.4. The Bertz CT molecular complexity index is 665. The van der Waals surface area contributed by atoms with Crippen LogP contribution in [0.4, 0.5) is 5.69 Å². The third-order valence-corrected chi connectivity index (χ3v) is 5.13. The first kappa shape index (κ1) is 14.4. The van der Waals surface area contributed by atoms with Crippen molar-refractivity contribution in [3.05, 3.63) is 24.0 Å². The zero-order valence-corrected chi connectivity index (χ0v) is 10.8. The number of pyridine rings is 1. The van der Waals surface area contributed by atoms with E-state index >= 15 is 0 Å². The molecule has 0 bridgehead atoms. The van der Waals surface area contributed by atoms with Crippen molar-refractivity contribution in [1.29, 1.82) is 0 Å². The molecule has 0 aliphatic heterocycles. The van der Waals surface area contributed by atoms with Crippen LogP contribution in [-0.2, 0) is 19.9 Å². The molecule has 100 valence electrons. The van der Waals surface area contributed by atoms with E-state index in [0.717, 1.165) is 24.7 Å². The molecule has 0 spiro atoms. The summed E-state index contributed by atoms with van der Waals surface area (Å²) in [5.41, 5.74) is -0.326. The molecule has 0 radical (unpaired) electrons. The molecule has 18 heavy (non-hydrogen) atoms. The Morgan fingerprint density at radius 2 is 1.94 bits per heavy atom. The molecule has 0 aromatic carbocycles. The van der Waals surface area contributed by atoms with Gasteiger partial charge in [-0.3, -0.25) is 9.71 Å². The van der Waals surface area contributed by atoms with Gasteiger partial charge in [0.15, 0.2) is 14.9 Å². The first-order valence-electron chi connectivity index (χ1n) is 4.46. The highest BCUT2D eigenvalue weighted by Crippen LogP contribution is 2.11. The highest BCUT2D eigenvalue weighted by molar-refractivity contribution is 8.08. The minimum atomic E-state index is -4.11. The van der Waals surface area contributed by atoms with E-state index in [4.69, 9.17) is 5.11 Å². The molecule has 0 aliphatic rings. The molecule has 0 amide bonds. The van der Waals surface area contributed by atoms with Gasteiger partial charge in [0.2, 0.25) is 10.0 Å². The number of sulfone groups is 1. The zero-order valence-electron chi connectivity index (χ0n) is 9.19. The Balaban J connectivity index is 2.98. The number of hydrogen-bond donors (Lipinski definition) is 2. The molecule has 2 N–H and O–H groups in total. The number of hydrogen-bond acceptors (Lipinski definition) is 6. The van der Waals surface area contributed by atoms with Crippen LogP contribution in [0.5, 0.6) is 0 Å². The third-order valence-electron chi connectivity index (χ3n) is 1.63. The van der Waals surface area contributed by atoms with E-state index in [2.05, 4.69) is 4.98 Å². The fourth-order valence-electron chi connectivity index (χ4n) is 1.10. The number of anilines is 1. The molecule has 1 rings (SSSR count). The van der Waals surface area contributed by atoms with Gasteiger partial charge >= 0.3 is 5.97 Å². The van der Waals surface area contributed by atoms with Crippen LogP contribution in [0.1, 0.15) is 10.4 Å². The lowest BCUT2D eigenvalue weighted by Gasteiger charge is -2.06. The summed E-state index contributed by atoms with van der Waals surface area (Å²) in [6.45, 7) is 0. The van der Waals surface area contributed by atoms with E-state index in [9.17, 15) is 21.6 Å². The van der Waals surface area contributed by atoms with Crippen molar-refractivity contribution in [3.63, 3.8) is 0 Å². The van der Waals surface area contributed by atoms with Gasteiger partial charge in [-0.15, -0.1) is 0 Å². The van der Waals surface area contributed by atoms with E-state index < -0.39 is 30.9 Å². The zero-order chi connectivity index (χ0) is 14.0. The van der Waals surface area contributed by atoms with Crippen molar-refractivity contribution in [2.24, 2.45) is 0 Å². The molecule has 1 heterocycles. The first-order valence-corrected chi connectivity index (χ1v) is 8.17. The van der Waals surface area contributed by atoms with Crippen LogP contribution >= 0.6 is 0 Å². The molecule has 0 aliphatic carbocycles. The molecule has 0 saturated carbocycles. The summed E-state index contributed by atoms with van der Waals surface area (Å²) in [5, 5.41) is 7.59. The minimum absolute atomic E-state index is 0.112.